The van der Waals surface area contributed by atoms with Crippen molar-refractivity contribution in [2.75, 3.05) is 42.5 Å². The Bertz CT molecular complexity index is 742. The van der Waals surface area contributed by atoms with Gasteiger partial charge in [-0.3, -0.25) is 0 Å². The summed E-state index contributed by atoms with van der Waals surface area (Å²) in [4.78, 5) is 10.6. The molecule has 6 nitrogen and oxygen atoms in total. The molecule has 1 saturated heterocycles. The Labute approximate surface area is 156 Å². The molecule has 4 N–H and O–H groups in total. The van der Waals surface area contributed by atoms with Gasteiger partial charge in [-0.15, -0.1) is 0 Å². The maximum absolute atomic E-state index is 12.6. The first-order chi connectivity index (χ1) is 12.9. The van der Waals surface area contributed by atoms with Gasteiger partial charge in [0.1, 0.15) is 12.0 Å². The predicted octanol–water partition coefficient (Wildman–Crippen LogP) is 3.72. The zero-order valence-electron chi connectivity index (χ0n) is 14.9. The van der Waals surface area contributed by atoms with Gasteiger partial charge in [-0.1, -0.05) is 6.42 Å². The summed E-state index contributed by atoms with van der Waals surface area (Å²) in [7, 11) is 0. The molecule has 1 aromatic heterocycles. The van der Waals surface area contributed by atoms with Gasteiger partial charge in [0.15, 0.2) is 11.6 Å². The van der Waals surface area contributed by atoms with E-state index in [-0.39, 0.29) is 0 Å². The van der Waals surface area contributed by atoms with Crippen molar-refractivity contribution in [2.24, 2.45) is 0 Å². The molecule has 3 rings (SSSR count). The second-order valence-electron chi connectivity index (χ2n) is 6.51. The molecule has 2 aromatic rings. The third-order valence-electron chi connectivity index (χ3n) is 4.53. The highest BCUT2D eigenvalue weighted by Gasteiger charge is 2.29. The van der Waals surface area contributed by atoms with E-state index in [1.807, 2.05) is 0 Å². The van der Waals surface area contributed by atoms with Crippen LogP contribution in [-0.4, -0.2) is 41.0 Å². The lowest BCUT2D eigenvalue weighted by Crippen LogP contribution is -2.33. The van der Waals surface area contributed by atoms with E-state index >= 15 is 0 Å². The Morgan fingerprint density at radius 3 is 2.33 bits per heavy atom. The molecule has 1 aliphatic heterocycles. The Morgan fingerprint density at radius 1 is 1.00 bits per heavy atom. The quantitative estimate of drug-likeness (QED) is 0.709. The van der Waals surface area contributed by atoms with Crippen LogP contribution in [0.15, 0.2) is 30.6 Å². The molecule has 0 amide bonds. The van der Waals surface area contributed by atoms with Crippen LogP contribution in [-0.2, 0) is 6.18 Å². The van der Waals surface area contributed by atoms with Crippen molar-refractivity contribution >= 4 is 23.0 Å². The number of hydrogen-bond acceptors (Lipinski definition) is 6. The molecule has 0 unspecified atom stereocenters. The fraction of sp³-hybridized carbons (Fsp3) is 0.444. The number of rotatable bonds is 6. The third kappa shape index (κ3) is 5.22. The third-order valence-corrected chi connectivity index (χ3v) is 4.53. The van der Waals surface area contributed by atoms with Gasteiger partial charge in [0.2, 0.25) is 0 Å². The minimum absolute atomic E-state index is 0.330. The number of aromatic nitrogens is 2. The number of halogens is 3. The maximum Gasteiger partial charge on any atom is 0.416 e. The van der Waals surface area contributed by atoms with E-state index in [2.05, 4.69) is 25.5 Å². The molecule has 9 heteroatoms. The van der Waals surface area contributed by atoms with Crippen LogP contribution in [0.4, 0.5) is 36.2 Å². The van der Waals surface area contributed by atoms with E-state index in [0.717, 1.165) is 31.8 Å². The van der Waals surface area contributed by atoms with Crippen molar-refractivity contribution in [3.8, 4) is 0 Å². The zero-order chi connectivity index (χ0) is 19.3. The molecule has 27 heavy (non-hydrogen) atoms. The summed E-state index contributed by atoms with van der Waals surface area (Å²) < 4.78 is 37.9. The van der Waals surface area contributed by atoms with Crippen molar-refractivity contribution in [3.05, 3.63) is 36.2 Å². The summed E-state index contributed by atoms with van der Waals surface area (Å²) in [6.45, 7) is 3.84. The number of alkyl halides is 3. The molecule has 146 valence electrons. The van der Waals surface area contributed by atoms with Gasteiger partial charge in [0.05, 0.1) is 5.56 Å². The number of nitrogens with two attached hydrogens (primary N) is 1. The van der Waals surface area contributed by atoms with E-state index in [1.165, 1.54) is 37.7 Å². The molecule has 1 aromatic carbocycles. The molecular formula is C18H23F3N6. The molecule has 2 heterocycles. The highest BCUT2D eigenvalue weighted by atomic mass is 19.4. The molecule has 0 radical (unpaired) electrons. The molecule has 1 aliphatic rings. The minimum Gasteiger partial charge on any atom is -0.393 e. The summed E-state index contributed by atoms with van der Waals surface area (Å²) in [5.74, 6) is 0.863. The average Bonchev–Trinajstić information content (AvgIpc) is 2.65. The van der Waals surface area contributed by atoms with Crippen LogP contribution < -0.4 is 16.4 Å². The number of anilines is 4. The lowest BCUT2D eigenvalue weighted by atomic mass is 10.1. The molecule has 0 spiro atoms. The Balaban J connectivity index is 1.60. The zero-order valence-corrected chi connectivity index (χ0v) is 14.9. The fourth-order valence-electron chi connectivity index (χ4n) is 3.03. The lowest BCUT2D eigenvalue weighted by molar-refractivity contribution is -0.137. The maximum atomic E-state index is 12.6. The van der Waals surface area contributed by atoms with Crippen LogP contribution in [0.1, 0.15) is 24.8 Å². The first kappa shape index (κ1) is 19.2. The van der Waals surface area contributed by atoms with Crippen LogP contribution in [0.25, 0.3) is 0 Å². The van der Waals surface area contributed by atoms with Crippen LogP contribution in [0.5, 0.6) is 0 Å². The second-order valence-corrected chi connectivity index (χ2v) is 6.51. The second kappa shape index (κ2) is 8.43. The van der Waals surface area contributed by atoms with Gasteiger partial charge >= 0.3 is 6.18 Å². The van der Waals surface area contributed by atoms with Crippen molar-refractivity contribution < 1.29 is 13.2 Å². The van der Waals surface area contributed by atoms with Gasteiger partial charge in [-0.05, 0) is 50.2 Å². The highest BCUT2D eigenvalue weighted by molar-refractivity contribution is 5.77. The minimum atomic E-state index is -4.36. The van der Waals surface area contributed by atoms with E-state index in [1.54, 1.807) is 0 Å². The lowest BCUT2D eigenvalue weighted by Gasteiger charge is -2.26. The predicted molar refractivity (Wildman–Crippen MR) is 100.0 cm³/mol. The van der Waals surface area contributed by atoms with Crippen molar-refractivity contribution in [3.63, 3.8) is 0 Å². The highest BCUT2D eigenvalue weighted by Crippen LogP contribution is 2.31. The first-order valence-electron chi connectivity index (χ1n) is 8.94. The van der Waals surface area contributed by atoms with Crippen LogP contribution in [0.3, 0.4) is 0 Å². The summed E-state index contributed by atoms with van der Waals surface area (Å²) in [6, 6.07) is 4.71. The molecule has 0 bridgehead atoms. The number of likely N-dealkylation sites (tertiary alicyclic amines) is 1. The molecule has 1 fully saturated rings. The molecule has 0 aliphatic carbocycles. The largest absolute Gasteiger partial charge is 0.416 e. The number of nitrogens with one attached hydrogen (secondary N) is 2. The smallest absolute Gasteiger partial charge is 0.393 e. The Kier molecular flexibility index (Phi) is 6.00. The number of piperidine rings is 1. The van der Waals surface area contributed by atoms with Crippen molar-refractivity contribution in [1.29, 1.82) is 0 Å². The summed E-state index contributed by atoms with van der Waals surface area (Å²) >= 11 is 0. The topological polar surface area (TPSA) is 79.1 Å². The van der Waals surface area contributed by atoms with E-state index in [0.29, 0.717) is 29.6 Å². The summed E-state index contributed by atoms with van der Waals surface area (Å²) in [5.41, 5.74) is 6.20. The fourth-order valence-corrected chi connectivity index (χ4v) is 3.03. The van der Waals surface area contributed by atoms with Gasteiger partial charge < -0.3 is 21.3 Å². The van der Waals surface area contributed by atoms with E-state index < -0.39 is 11.7 Å². The molecule has 0 atom stereocenters. The number of benzene rings is 1. The average molecular weight is 380 g/mol. The van der Waals surface area contributed by atoms with Gasteiger partial charge in [-0.25, -0.2) is 9.97 Å². The monoisotopic (exact) mass is 380 g/mol. The summed E-state index contributed by atoms with van der Waals surface area (Å²) in [5, 5.41) is 6.15. The van der Waals surface area contributed by atoms with Crippen LogP contribution >= 0.6 is 0 Å². The van der Waals surface area contributed by atoms with Crippen LogP contribution in [0.2, 0.25) is 0 Å². The Hall–Kier alpha value is -2.55. The Morgan fingerprint density at radius 2 is 1.67 bits per heavy atom. The van der Waals surface area contributed by atoms with Gasteiger partial charge in [-0.2, -0.15) is 13.2 Å². The number of nitrogens with zero attached hydrogens (tertiary/aromatic N) is 3. The number of nitrogen functional groups attached to an aromatic ring is 1. The van der Waals surface area contributed by atoms with Crippen molar-refractivity contribution in [2.45, 2.75) is 25.4 Å². The standard InChI is InChI=1S/C18H23F3N6/c19-18(20,21)13-4-6-14(7-5-13)26-17-15(22)16(24-12-25-17)23-8-11-27-9-2-1-3-10-27/h4-7,12H,1-3,8-11,22H2,(H2,23,24,25,26). The van der Waals surface area contributed by atoms with E-state index in [4.69, 9.17) is 5.73 Å². The summed E-state index contributed by atoms with van der Waals surface area (Å²) in [6.07, 6.45) is 0.763. The first-order valence-corrected chi connectivity index (χ1v) is 8.94. The van der Waals surface area contributed by atoms with Gasteiger partial charge in [0.25, 0.3) is 0 Å². The molecular weight excluding hydrogens is 357 g/mol. The molecule has 0 saturated carbocycles. The van der Waals surface area contributed by atoms with E-state index in [9.17, 15) is 13.2 Å². The number of hydrogen-bond donors (Lipinski definition) is 3. The van der Waals surface area contributed by atoms with Crippen molar-refractivity contribution in [1.82, 2.24) is 14.9 Å². The van der Waals surface area contributed by atoms with Crippen LogP contribution in [0, 0.1) is 0 Å². The van der Waals surface area contributed by atoms with Gasteiger partial charge in [0, 0.05) is 18.8 Å². The normalized spacial score (nSPS) is 15.5. The SMILES string of the molecule is Nc1c(NCCN2CCCCC2)ncnc1Nc1ccc(C(F)(F)F)cc1.